The Kier molecular flexibility index (Phi) is 6.41. The maximum absolute atomic E-state index is 12.5. The first-order chi connectivity index (χ1) is 17.2. The zero-order chi connectivity index (χ0) is 24.2. The molecule has 5 aromatic rings. The lowest BCUT2D eigenvalue weighted by molar-refractivity contribution is 0.0954. The van der Waals surface area contributed by atoms with Crippen LogP contribution in [0.3, 0.4) is 0 Å². The second-order valence-electron chi connectivity index (χ2n) is 8.23. The van der Waals surface area contributed by atoms with Crippen molar-refractivity contribution in [3.63, 3.8) is 0 Å². The molecule has 35 heavy (non-hydrogen) atoms. The van der Waals surface area contributed by atoms with Gasteiger partial charge in [-0.25, -0.2) is 0 Å². The van der Waals surface area contributed by atoms with E-state index >= 15 is 0 Å². The number of aromatic amines is 1. The van der Waals surface area contributed by atoms with E-state index in [9.17, 15) is 4.79 Å². The number of pyridine rings is 2. The van der Waals surface area contributed by atoms with Crippen molar-refractivity contribution in [3.8, 4) is 28.1 Å². The topological polar surface area (TPSA) is 91.9 Å². The number of hydrogen-bond acceptors (Lipinski definition) is 5. The van der Waals surface area contributed by atoms with Crippen molar-refractivity contribution in [2.24, 2.45) is 0 Å². The minimum Gasteiger partial charge on any atom is -0.496 e. The molecule has 0 bridgehead atoms. The van der Waals surface area contributed by atoms with Crippen LogP contribution in [0.1, 0.15) is 17.3 Å². The normalized spacial score (nSPS) is 11.1. The van der Waals surface area contributed by atoms with Gasteiger partial charge in [-0.15, -0.1) is 0 Å². The van der Waals surface area contributed by atoms with Crippen LogP contribution in [0.15, 0.2) is 73.2 Å². The van der Waals surface area contributed by atoms with Gasteiger partial charge in [-0.05, 0) is 54.6 Å². The van der Waals surface area contributed by atoms with Crippen LogP contribution >= 0.6 is 0 Å². The van der Waals surface area contributed by atoms with Gasteiger partial charge in [0.1, 0.15) is 5.75 Å². The Bertz CT molecular complexity index is 1480. The summed E-state index contributed by atoms with van der Waals surface area (Å²) in [6.45, 7) is 4.25. The van der Waals surface area contributed by atoms with Crippen molar-refractivity contribution in [3.05, 3.63) is 78.8 Å². The van der Waals surface area contributed by atoms with Gasteiger partial charge in [-0.1, -0.05) is 19.1 Å². The number of nitrogens with one attached hydrogen (secondary N) is 3. The number of likely N-dealkylation sites (N-methyl/N-ethyl adjacent to an activating group) is 1. The number of H-pyrrole nitrogens is 1. The minimum atomic E-state index is -0.0843. The second-order valence-corrected chi connectivity index (χ2v) is 8.23. The van der Waals surface area contributed by atoms with Crippen molar-refractivity contribution in [2.75, 3.05) is 26.7 Å². The van der Waals surface area contributed by atoms with Crippen LogP contribution in [-0.2, 0) is 0 Å². The molecule has 0 aliphatic heterocycles. The Morgan fingerprint density at radius 1 is 1.00 bits per heavy atom. The van der Waals surface area contributed by atoms with Crippen LogP contribution < -0.4 is 15.4 Å². The van der Waals surface area contributed by atoms with Crippen molar-refractivity contribution < 1.29 is 9.53 Å². The number of carbonyl (C=O) groups is 1. The van der Waals surface area contributed by atoms with Gasteiger partial charge < -0.3 is 20.4 Å². The highest BCUT2D eigenvalue weighted by Crippen LogP contribution is 2.41. The van der Waals surface area contributed by atoms with E-state index in [0.29, 0.717) is 12.1 Å². The molecule has 0 aliphatic carbocycles. The molecular weight excluding hydrogens is 438 g/mol. The van der Waals surface area contributed by atoms with Crippen LogP contribution in [0.4, 0.5) is 0 Å². The lowest BCUT2D eigenvalue weighted by Gasteiger charge is -2.12. The molecule has 176 valence electrons. The molecule has 0 fully saturated rings. The van der Waals surface area contributed by atoms with E-state index in [-0.39, 0.29) is 5.91 Å². The molecule has 0 saturated heterocycles. The number of amides is 1. The molecule has 5 rings (SSSR count). The summed E-state index contributed by atoms with van der Waals surface area (Å²) in [6, 6.07) is 17.6. The Hall–Kier alpha value is -4.23. The van der Waals surface area contributed by atoms with Crippen LogP contribution in [0.2, 0.25) is 0 Å². The molecular formula is C28H27N5O2. The third-order valence-corrected chi connectivity index (χ3v) is 6.06. The van der Waals surface area contributed by atoms with E-state index in [2.05, 4.69) is 31.7 Å². The van der Waals surface area contributed by atoms with Crippen molar-refractivity contribution in [1.29, 1.82) is 0 Å². The van der Waals surface area contributed by atoms with E-state index in [1.165, 1.54) is 0 Å². The molecule has 0 unspecified atom stereocenters. The first kappa shape index (κ1) is 22.6. The average molecular weight is 466 g/mol. The third-order valence-electron chi connectivity index (χ3n) is 6.06. The third kappa shape index (κ3) is 4.46. The number of aromatic nitrogens is 3. The summed E-state index contributed by atoms with van der Waals surface area (Å²) in [6.07, 6.45) is 5.42. The lowest BCUT2D eigenvalue weighted by atomic mass is 9.97. The van der Waals surface area contributed by atoms with Crippen LogP contribution in [0, 0.1) is 0 Å². The summed E-state index contributed by atoms with van der Waals surface area (Å²) in [5.74, 6) is 0.680. The lowest BCUT2D eigenvalue weighted by Crippen LogP contribution is -2.31. The molecule has 3 heterocycles. The van der Waals surface area contributed by atoms with Crippen molar-refractivity contribution >= 4 is 27.7 Å². The maximum Gasteiger partial charge on any atom is 0.251 e. The predicted molar refractivity (Wildman–Crippen MR) is 140 cm³/mol. The molecule has 3 N–H and O–H groups in total. The van der Waals surface area contributed by atoms with Gasteiger partial charge >= 0.3 is 0 Å². The molecule has 0 atom stereocenters. The van der Waals surface area contributed by atoms with E-state index in [0.717, 1.165) is 63.0 Å². The molecule has 7 nitrogen and oxygen atoms in total. The second kappa shape index (κ2) is 9.95. The molecule has 0 radical (unpaired) electrons. The predicted octanol–water partition coefficient (Wildman–Crippen LogP) is 4.79. The Morgan fingerprint density at radius 3 is 2.60 bits per heavy atom. The number of fused-ring (bicyclic) bond motifs is 3. The molecule has 7 heteroatoms. The largest absolute Gasteiger partial charge is 0.496 e. The number of hydrogen-bond donors (Lipinski definition) is 3. The van der Waals surface area contributed by atoms with Gasteiger partial charge in [-0.2, -0.15) is 0 Å². The summed E-state index contributed by atoms with van der Waals surface area (Å²) in [4.78, 5) is 24.9. The fraction of sp³-hybridized carbons (Fsp3) is 0.179. The molecule has 1 amide bonds. The quantitative estimate of drug-likeness (QED) is 0.287. The SMILES string of the molecule is CCNCCNC(=O)c1ccc(-c2c(OC)ccc3[nH]c4cnc(-c5cccnc5)cc4c23)cc1. The van der Waals surface area contributed by atoms with Gasteiger partial charge in [0, 0.05) is 58.5 Å². The smallest absolute Gasteiger partial charge is 0.251 e. The number of nitrogens with zero attached hydrogens (tertiary/aromatic N) is 2. The van der Waals surface area contributed by atoms with Gasteiger partial charge in [0.05, 0.1) is 24.5 Å². The van der Waals surface area contributed by atoms with E-state index < -0.39 is 0 Å². The maximum atomic E-state index is 12.5. The van der Waals surface area contributed by atoms with Crippen molar-refractivity contribution in [2.45, 2.75) is 6.92 Å². The first-order valence-corrected chi connectivity index (χ1v) is 11.7. The first-order valence-electron chi connectivity index (χ1n) is 11.7. The Balaban J connectivity index is 1.58. The van der Waals surface area contributed by atoms with E-state index in [4.69, 9.17) is 4.74 Å². The molecule has 2 aromatic carbocycles. The highest BCUT2D eigenvalue weighted by molar-refractivity contribution is 6.16. The van der Waals surface area contributed by atoms with Gasteiger partial charge in [0.2, 0.25) is 0 Å². The summed E-state index contributed by atoms with van der Waals surface area (Å²) in [5.41, 5.74) is 6.31. The summed E-state index contributed by atoms with van der Waals surface area (Å²) < 4.78 is 5.77. The molecule has 0 aliphatic rings. The van der Waals surface area contributed by atoms with Gasteiger partial charge in [0.25, 0.3) is 5.91 Å². The summed E-state index contributed by atoms with van der Waals surface area (Å²) in [5, 5.41) is 8.25. The Labute approximate surface area is 203 Å². The number of carbonyl (C=O) groups excluding carboxylic acids is 1. The number of benzene rings is 2. The Morgan fingerprint density at radius 2 is 1.86 bits per heavy atom. The number of rotatable bonds is 8. The zero-order valence-electron chi connectivity index (χ0n) is 19.8. The molecule has 0 spiro atoms. The van der Waals surface area contributed by atoms with Crippen LogP contribution in [0.25, 0.3) is 44.2 Å². The highest BCUT2D eigenvalue weighted by Gasteiger charge is 2.17. The van der Waals surface area contributed by atoms with Gasteiger partial charge in [0.15, 0.2) is 0 Å². The van der Waals surface area contributed by atoms with Crippen molar-refractivity contribution in [1.82, 2.24) is 25.6 Å². The highest BCUT2D eigenvalue weighted by atomic mass is 16.5. The monoisotopic (exact) mass is 465 g/mol. The minimum absolute atomic E-state index is 0.0843. The summed E-state index contributed by atoms with van der Waals surface area (Å²) in [7, 11) is 1.67. The average Bonchev–Trinajstić information content (AvgIpc) is 3.29. The fourth-order valence-electron chi connectivity index (χ4n) is 4.33. The van der Waals surface area contributed by atoms with Gasteiger partial charge in [-0.3, -0.25) is 14.8 Å². The van der Waals surface area contributed by atoms with Crippen LogP contribution in [-0.4, -0.2) is 47.6 Å². The van der Waals surface area contributed by atoms with E-state index in [1.54, 1.807) is 13.3 Å². The van der Waals surface area contributed by atoms with Crippen LogP contribution in [0.5, 0.6) is 5.75 Å². The molecule has 0 saturated carbocycles. The number of ether oxygens (including phenoxy) is 1. The number of methoxy groups -OCH3 is 1. The fourth-order valence-corrected chi connectivity index (χ4v) is 4.33. The summed E-state index contributed by atoms with van der Waals surface area (Å²) >= 11 is 0. The molecule has 3 aromatic heterocycles. The van der Waals surface area contributed by atoms with E-state index in [1.807, 2.05) is 67.8 Å². The zero-order valence-corrected chi connectivity index (χ0v) is 19.8. The standard InChI is InChI=1S/C28H27N5O2/c1-3-29-13-14-31-28(34)19-8-6-18(7-9-19)26-25(35-2)11-10-22-27(26)21-15-23(32-17-24(21)33-22)20-5-4-12-30-16-20/h4-12,15-17,29,33H,3,13-14H2,1-2H3,(H,31,34).